The first-order valence-corrected chi connectivity index (χ1v) is 4.74. The monoisotopic (exact) mass is 190 g/mol. The first-order valence-electron chi connectivity index (χ1n) is 4.74. The van der Waals surface area contributed by atoms with Crippen molar-refractivity contribution in [1.29, 1.82) is 0 Å². The summed E-state index contributed by atoms with van der Waals surface area (Å²) >= 11 is 0. The topological polar surface area (TPSA) is 89.3 Å². The van der Waals surface area contributed by atoms with Gasteiger partial charge in [0, 0.05) is 0 Å². The summed E-state index contributed by atoms with van der Waals surface area (Å²) in [6.07, 6.45) is 5.16. The van der Waals surface area contributed by atoms with Gasteiger partial charge in [-0.05, 0) is 19.9 Å². The zero-order valence-electron chi connectivity index (χ0n) is 8.62. The van der Waals surface area contributed by atoms with Crippen LogP contribution in [0.5, 0.6) is 0 Å². The molecule has 0 aromatic heterocycles. The SMILES string of the molecule is CC(N)C(=O)O.CCCCCCN. The van der Waals surface area contributed by atoms with Gasteiger partial charge in [0.2, 0.25) is 0 Å². The molecule has 0 bridgehead atoms. The molecule has 4 heteroatoms. The molecule has 0 rings (SSSR count). The number of nitrogens with two attached hydrogens (primary N) is 2. The molecule has 0 aliphatic carbocycles. The van der Waals surface area contributed by atoms with Crippen LogP contribution in [0.2, 0.25) is 0 Å². The average Bonchev–Trinajstić information content (AvgIpc) is 2.06. The van der Waals surface area contributed by atoms with Crippen molar-refractivity contribution in [2.45, 2.75) is 45.6 Å². The van der Waals surface area contributed by atoms with Gasteiger partial charge in [0.15, 0.2) is 0 Å². The average molecular weight is 190 g/mol. The number of unbranched alkanes of at least 4 members (excludes halogenated alkanes) is 3. The molecule has 5 N–H and O–H groups in total. The summed E-state index contributed by atoms with van der Waals surface area (Å²) in [6.45, 7) is 4.48. The Bertz CT molecular complexity index is 112. The van der Waals surface area contributed by atoms with E-state index in [4.69, 9.17) is 16.6 Å². The molecular formula is C9H22N2O2. The molecule has 0 aromatic carbocycles. The van der Waals surface area contributed by atoms with Gasteiger partial charge < -0.3 is 16.6 Å². The van der Waals surface area contributed by atoms with E-state index >= 15 is 0 Å². The lowest BCUT2D eigenvalue weighted by Crippen LogP contribution is -2.25. The predicted molar refractivity (Wildman–Crippen MR) is 54.5 cm³/mol. The summed E-state index contributed by atoms with van der Waals surface area (Å²) in [6, 6.07) is -0.731. The fourth-order valence-corrected chi connectivity index (χ4v) is 0.571. The van der Waals surface area contributed by atoms with Crippen molar-refractivity contribution < 1.29 is 9.90 Å². The van der Waals surface area contributed by atoms with Crippen LogP contribution in [0.4, 0.5) is 0 Å². The number of carboxylic acids is 1. The van der Waals surface area contributed by atoms with Gasteiger partial charge in [-0.1, -0.05) is 26.2 Å². The Hall–Kier alpha value is -0.610. The summed E-state index contributed by atoms with van der Waals surface area (Å²) in [5.74, 6) is -0.963. The molecule has 4 nitrogen and oxygen atoms in total. The zero-order chi connectivity index (χ0) is 10.7. The van der Waals surface area contributed by atoms with Crippen LogP contribution in [-0.2, 0) is 4.79 Å². The quantitative estimate of drug-likeness (QED) is 0.563. The van der Waals surface area contributed by atoms with Crippen molar-refractivity contribution >= 4 is 5.97 Å². The molecule has 0 aliphatic heterocycles. The minimum Gasteiger partial charge on any atom is -0.480 e. The van der Waals surface area contributed by atoms with E-state index in [-0.39, 0.29) is 0 Å². The maximum atomic E-state index is 9.57. The molecule has 1 atom stereocenters. The first kappa shape index (κ1) is 14.9. The van der Waals surface area contributed by atoms with Crippen LogP contribution in [0.15, 0.2) is 0 Å². The summed E-state index contributed by atoms with van der Waals surface area (Å²) in [4.78, 5) is 9.57. The number of hydrogen-bond acceptors (Lipinski definition) is 3. The van der Waals surface area contributed by atoms with Crippen molar-refractivity contribution in [3.8, 4) is 0 Å². The van der Waals surface area contributed by atoms with Gasteiger partial charge in [0.05, 0.1) is 0 Å². The van der Waals surface area contributed by atoms with E-state index < -0.39 is 12.0 Å². The smallest absolute Gasteiger partial charge is 0.320 e. The Morgan fingerprint density at radius 1 is 1.38 bits per heavy atom. The molecule has 0 heterocycles. The van der Waals surface area contributed by atoms with Gasteiger partial charge in [-0.15, -0.1) is 0 Å². The molecule has 0 saturated heterocycles. The largest absolute Gasteiger partial charge is 0.480 e. The lowest BCUT2D eigenvalue weighted by atomic mass is 10.2. The minimum atomic E-state index is -0.963. The maximum absolute atomic E-state index is 9.57. The summed E-state index contributed by atoms with van der Waals surface area (Å²) in [7, 11) is 0. The van der Waals surface area contributed by atoms with E-state index in [9.17, 15) is 4.79 Å². The van der Waals surface area contributed by atoms with Gasteiger partial charge in [-0.3, -0.25) is 4.79 Å². The fraction of sp³-hybridized carbons (Fsp3) is 0.889. The Morgan fingerprint density at radius 3 is 2.08 bits per heavy atom. The Balaban J connectivity index is 0. The Kier molecular flexibility index (Phi) is 13.0. The van der Waals surface area contributed by atoms with Gasteiger partial charge in [-0.2, -0.15) is 0 Å². The lowest BCUT2D eigenvalue weighted by Gasteiger charge is -1.90. The first-order chi connectivity index (χ1) is 6.06. The second kappa shape index (κ2) is 11.4. The van der Waals surface area contributed by atoms with E-state index in [1.54, 1.807) is 0 Å². The van der Waals surface area contributed by atoms with E-state index in [2.05, 4.69) is 6.92 Å². The van der Waals surface area contributed by atoms with E-state index in [0.29, 0.717) is 0 Å². The van der Waals surface area contributed by atoms with Crippen LogP contribution in [-0.4, -0.2) is 23.7 Å². The lowest BCUT2D eigenvalue weighted by molar-refractivity contribution is -0.138. The molecule has 0 aliphatic rings. The van der Waals surface area contributed by atoms with Gasteiger partial charge in [0.1, 0.15) is 6.04 Å². The molecule has 0 saturated carbocycles. The number of rotatable bonds is 5. The van der Waals surface area contributed by atoms with Crippen molar-refractivity contribution in [3.05, 3.63) is 0 Å². The molecular weight excluding hydrogens is 168 g/mol. The van der Waals surface area contributed by atoms with Gasteiger partial charge >= 0.3 is 5.97 Å². The molecule has 0 spiro atoms. The summed E-state index contributed by atoms with van der Waals surface area (Å²) in [5.41, 5.74) is 10.1. The predicted octanol–water partition coefficient (Wildman–Crippen LogP) is 0.944. The number of carbonyl (C=O) groups is 1. The molecule has 0 amide bonds. The highest BCUT2D eigenvalue weighted by atomic mass is 16.4. The van der Waals surface area contributed by atoms with E-state index in [1.165, 1.54) is 32.6 Å². The van der Waals surface area contributed by atoms with Crippen LogP contribution in [0.3, 0.4) is 0 Å². The number of aliphatic carboxylic acids is 1. The highest BCUT2D eigenvalue weighted by Gasteiger charge is 1.99. The standard InChI is InChI=1S/C6H15N.C3H7NO2/c1-2-3-4-5-6-7;1-2(4)3(5)6/h2-7H2,1H3;2H,4H2,1H3,(H,5,6). The van der Waals surface area contributed by atoms with Crippen LogP contribution in [0, 0.1) is 0 Å². The van der Waals surface area contributed by atoms with Crippen molar-refractivity contribution in [1.82, 2.24) is 0 Å². The van der Waals surface area contributed by atoms with Crippen LogP contribution >= 0.6 is 0 Å². The Labute approximate surface area is 80.3 Å². The second-order valence-corrected chi connectivity index (χ2v) is 2.98. The molecule has 1 unspecified atom stereocenters. The van der Waals surface area contributed by atoms with Crippen molar-refractivity contribution in [3.63, 3.8) is 0 Å². The Morgan fingerprint density at radius 2 is 1.85 bits per heavy atom. The van der Waals surface area contributed by atoms with Gasteiger partial charge in [-0.25, -0.2) is 0 Å². The number of hydrogen-bond donors (Lipinski definition) is 3. The molecule has 0 fully saturated rings. The minimum absolute atomic E-state index is 0.731. The molecule has 0 radical (unpaired) electrons. The fourth-order valence-electron chi connectivity index (χ4n) is 0.571. The zero-order valence-corrected chi connectivity index (χ0v) is 8.62. The highest BCUT2D eigenvalue weighted by molar-refractivity contribution is 5.72. The van der Waals surface area contributed by atoms with Crippen molar-refractivity contribution in [2.75, 3.05) is 6.54 Å². The van der Waals surface area contributed by atoms with Crippen LogP contribution in [0.1, 0.15) is 39.5 Å². The third-order valence-corrected chi connectivity index (χ3v) is 1.45. The second-order valence-electron chi connectivity index (χ2n) is 2.98. The highest BCUT2D eigenvalue weighted by Crippen LogP contribution is 1.95. The molecule has 80 valence electrons. The molecule has 13 heavy (non-hydrogen) atoms. The summed E-state index contributed by atoms with van der Waals surface area (Å²) < 4.78 is 0. The van der Waals surface area contributed by atoms with E-state index in [0.717, 1.165) is 6.54 Å². The third kappa shape index (κ3) is 18.4. The normalized spacial score (nSPS) is 11.4. The van der Waals surface area contributed by atoms with Crippen LogP contribution < -0.4 is 11.5 Å². The maximum Gasteiger partial charge on any atom is 0.320 e. The van der Waals surface area contributed by atoms with E-state index in [1.807, 2.05) is 0 Å². The van der Waals surface area contributed by atoms with Crippen molar-refractivity contribution in [2.24, 2.45) is 11.5 Å². The number of carboxylic acid groups (broad SMARTS) is 1. The van der Waals surface area contributed by atoms with Crippen LogP contribution in [0.25, 0.3) is 0 Å². The third-order valence-electron chi connectivity index (χ3n) is 1.45. The molecule has 0 aromatic rings. The van der Waals surface area contributed by atoms with Gasteiger partial charge in [0.25, 0.3) is 0 Å². The summed E-state index contributed by atoms with van der Waals surface area (Å²) in [5, 5.41) is 7.87.